The fraction of sp³-hybridized carbons (Fsp3) is 0.909. The van der Waals surface area contributed by atoms with Crippen LogP contribution < -0.4 is 0 Å². The molecule has 0 amide bonds. The highest BCUT2D eigenvalue weighted by Crippen LogP contribution is 2.43. The number of phosphoric acid groups is 1. The Labute approximate surface area is 272 Å². The summed E-state index contributed by atoms with van der Waals surface area (Å²) < 4.78 is 33.7. The van der Waals surface area contributed by atoms with E-state index in [2.05, 4.69) is 6.92 Å². The van der Waals surface area contributed by atoms with Crippen molar-refractivity contribution in [2.75, 3.05) is 47.5 Å². The monoisotopic (exact) mass is 666 g/mol. The maximum Gasteiger partial charge on any atom is 0.472 e. The zero-order valence-corrected chi connectivity index (χ0v) is 29.7. The Hall–Kier alpha value is -1.52. The number of phosphoric ester groups is 1. The molecule has 0 aliphatic rings. The van der Waals surface area contributed by atoms with Gasteiger partial charge in [-0.1, -0.05) is 103 Å². The van der Waals surface area contributed by atoms with Gasteiger partial charge in [-0.2, -0.15) is 0 Å². The van der Waals surface area contributed by atoms with Crippen molar-refractivity contribution in [2.45, 2.75) is 148 Å². The lowest BCUT2D eigenvalue weighted by Crippen LogP contribution is -2.37. The molecule has 2 atom stereocenters. The number of aliphatic carboxylic acids is 1. The number of carbonyl (C=O) groups is 3. The first-order valence-electron chi connectivity index (χ1n) is 17.3. The van der Waals surface area contributed by atoms with Gasteiger partial charge in [0.25, 0.3) is 0 Å². The second kappa shape index (κ2) is 27.6. The Bertz CT molecular complexity index is 818. The first-order chi connectivity index (χ1) is 21.3. The fourth-order valence-corrected chi connectivity index (χ4v) is 5.37. The van der Waals surface area contributed by atoms with Gasteiger partial charge in [-0.3, -0.25) is 23.4 Å². The number of likely N-dealkylation sites (N-methyl/N-ethyl adjacent to an activating group) is 1. The Morgan fingerprint density at radius 3 is 1.56 bits per heavy atom. The highest BCUT2D eigenvalue weighted by atomic mass is 31.2. The van der Waals surface area contributed by atoms with Crippen molar-refractivity contribution in [2.24, 2.45) is 0 Å². The summed E-state index contributed by atoms with van der Waals surface area (Å²) >= 11 is 0. The third-order valence-electron chi connectivity index (χ3n) is 7.42. The molecular weight excluding hydrogens is 601 g/mol. The van der Waals surface area contributed by atoms with Gasteiger partial charge >= 0.3 is 25.7 Å². The molecule has 0 saturated heterocycles. The van der Waals surface area contributed by atoms with Gasteiger partial charge in [-0.15, -0.1) is 0 Å². The van der Waals surface area contributed by atoms with Crippen molar-refractivity contribution >= 4 is 25.7 Å². The van der Waals surface area contributed by atoms with E-state index >= 15 is 0 Å². The van der Waals surface area contributed by atoms with Crippen LogP contribution in [0.25, 0.3) is 0 Å². The van der Waals surface area contributed by atoms with Gasteiger partial charge in [0.05, 0.1) is 27.7 Å². The van der Waals surface area contributed by atoms with E-state index in [1.165, 1.54) is 64.2 Å². The molecule has 0 aromatic heterocycles. The number of esters is 2. The number of carboxylic acids is 1. The number of nitrogens with zero attached hydrogens (tertiary/aromatic N) is 1. The standard InChI is InChI=1S/C33H64NO10P/c1-5-6-7-8-9-10-11-12-13-14-15-18-21-24-32(37)41-28-30(29-43-45(39,40)42-27-26-34(2,3)4)44-33(38)25-22-19-16-17-20-23-31(35)36/h30H,5-29H2,1-4H3,(H-,35,36,39,40)/p+1/t30-/m1/s1. The van der Waals surface area contributed by atoms with Crippen molar-refractivity contribution in [1.29, 1.82) is 0 Å². The summed E-state index contributed by atoms with van der Waals surface area (Å²) in [7, 11) is 1.37. The first kappa shape index (κ1) is 43.5. The first-order valence-corrected chi connectivity index (χ1v) is 18.8. The second-order valence-electron chi connectivity index (χ2n) is 13.1. The van der Waals surface area contributed by atoms with E-state index in [9.17, 15) is 23.8 Å². The van der Waals surface area contributed by atoms with Crippen molar-refractivity contribution in [3.63, 3.8) is 0 Å². The minimum Gasteiger partial charge on any atom is -0.481 e. The normalized spacial score (nSPS) is 13.7. The molecular formula is C33H65NO10P+. The molecule has 0 spiro atoms. The van der Waals surface area contributed by atoms with Crippen LogP contribution >= 0.6 is 7.82 Å². The number of hydrogen-bond donors (Lipinski definition) is 2. The van der Waals surface area contributed by atoms with E-state index in [4.69, 9.17) is 23.6 Å². The molecule has 0 aromatic carbocycles. The SMILES string of the molecule is CCCCCCCCCCCCCCCC(=O)OC[C@H](COP(=O)(O)OCC[N+](C)(C)C)OC(=O)CCCCCCCC(=O)O. The van der Waals surface area contributed by atoms with Crippen molar-refractivity contribution in [1.82, 2.24) is 0 Å². The van der Waals surface area contributed by atoms with Crippen LogP contribution in [0.4, 0.5) is 0 Å². The molecule has 0 rings (SSSR count). The van der Waals surface area contributed by atoms with E-state index in [0.717, 1.165) is 38.5 Å². The predicted octanol–water partition coefficient (Wildman–Crippen LogP) is 7.58. The Kier molecular flexibility index (Phi) is 26.6. The average molecular weight is 667 g/mol. The lowest BCUT2D eigenvalue weighted by molar-refractivity contribution is -0.870. The molecule has 0 saturated carbocycles. The average Bonchev–Trinajstić information content (AvgIpc) is 2.95. The summed E-state index contributed by atoms with van der Waals surface area (Å²) in [4.78, 5) is 45.4. The van der Waals surface area contributed by atoms with Crippen LogP contribution in [0.1, 0.15) is 142 Å². The van der Waals surface area contributed by atoms with Crippen LogP contribution in [0.15, 0.2) is 0 Å². The highest BCUT2D eigenvalue weighted by Gasteiger charge is 2.27. The van der Waals surface area contributed by atoms with Gasteiger partial charge in [0.2, 0.25) is 0 Å². The minimum absolute atomic E-state index is 0.00229. The number of carbonyl (C=O) groups excluding carboxylic acids is 2. The van der Waals surface area contributed by atoms with Crippen molar-refractivity contribution in [3.05, 3.63) is 0 Å². The number of quaternary nitrogens is 1. The third-order valence-corrected chi connectivity index (χ3v) is 8.41. The van der Waals surface area contributed by atoms with E-state index in [1.54, 1.807) is 0 Å². The minimum atomic E-state index is -4.39. The molecule has 0 bridgehead atoms. The quantitative estimate of drug-likeness (QED) is 0.0319. The van der Waals surface area contributed by atoms with Crippen LogP contribution in [0, 0.1) is 0 Å². The summed E-state index contributed by atoms with van der Waals surface area (Å²) in [5.74, 6) is -1.75. The van der Waals surface area contributed by atoms with Gasteiger partial charge in [0.1, 0.15) is 19.8 Å². The zero-order chi connectivity index (χ0) is 33.8. The molecule has 1 unspecified atom stereocenters. The smallest absolute Gasteiger partial charge is 0.472 e. The fourth-order valence-electron chi connectivity index (χ4n) is 4.63. The number of hydrogen-bond acceptors (Lipinski definition) is 8. The van der Waals surface area contributed by atoms with Crippen molar-refractivity contribution in [3.8, 4) is 0 Å². The lowest BCUT2D eigenvalue weighted by Gasteiger charge is -2.24. The van der Waals surface area contributed by atoms with Crippen LogP contribution in [0.2, 0.25) is 0 Å². The Morgan fingerprint density at radius 1 is 0.644 bits per heavy atom. The van der Waals surface area contributed by atoms with Gasteiger partial charge in [0.15, 0.2) is 6.10 Å². The van der Waals surface area contributed by atoms with Crippen LogP contribution in [0.5, 0.6) is 0 Å². The summed E-state index contributed by atoms with van der Waals surface area (Å²) in [6, 6.07) is 0. The molecule has 0 heterocycles. The molecule has 2 N–H and O–H groups in total. The molecule has 0 fully saturated rings. The third kappa shape index (κ3) is 32.2. The van der Waals surface area contributed by atoms with E-state index < -0.39 is 38.4 Å². The molecule has 12 heteroatoms. The van der Waals surface area contributed by atoms with E-state index in [1.807, 2.05) is 21.1 Å². The molecule has 11 nitrogen and oxygen atoms in total. The van der Waals surface area contributed by atoms with E-state index in [0.29, 0.717) is 23.9 Å². The van der Waals surface area contributed by atoms with Gasteiger partial charge in [0, 0.05) is 19.3 Å². The molecule has 266 valence electrons. The van der Waals surface area contributed by atoms with Gasteiger partial charge < -0.3 is 24.0 Å². The highest BCUT2D eigenvalue weighted by molar-refractivity contribution is 7.47. The predicted molar refractivity (Wildman–Crippen MR) is 176 cm³/mol. The maximum absolute atomic E-state index is 12.4. The summed E-state index contributed by atoms with van der Waals surface area (Å²) in [6.45, 7) is 1.99. The molecule has 45 heavy (non-hydrogen) atoms. The van der Waals surface area contributed by atoms with Gasteiger partial charge in [-0.05, 0) is 19.3 Å². The van der Waals surface area contributed by atoms with E-state index in [-0.39, 0.29) is 32.5 Å². The zero-order valence-electron chi connectivity index (χ0n) is 28.8. The van der Waals surface area contributed by atoms with Crippen LogP contribution in [0.3, 0.4) is 0 Å². The lowest BCUT2D eigenvalue weighted by atomic mass is 10.0. The number of ether oxygens (including phenoxy) is 2. The molecule has 0 radical (unpaired) electrons. The van der Waals surface area contributed by atoms with Crippen LogP contribution in [-0.2, 0) is 37.5 Å². The topological polar surface area (TPSA) is 146 Å². The van der Waals surface area contributed by atoms with Crippen LogP contribution in [-0.4, -0.2) is 86.0 Å². The number of unbranched alkanes of at least 4 members (excludes halogenated alkanes) is 16. The number of carboxylic acid groups (broad SMARTS) is 1. The Balaban J connectivity index is 4.42. The van der Waals surface area contributed by atoms with Gasteiger partial charge in [-0.25, -0.2) is 4.57 Å². The molecule has 0 aliphatic heterocycles. The van der Waals surface area contributed by atoms with Crippen molar-refractivity contribution < 1.29 is 52.0 Å². The maximum atomic E-state index is 12.4. The molecule has 0 aromatic rings. The largest absolute Gasteiger partial charge is 0.481 e. The Morgan fingerprint density at radius 2 is 1.09 bits per heavy atom. The summed E-state index contributed by atoms with van der Waals surface area (Å²) in [5.41, 5.74) is 0. The molecule has 0 aliphatic carbocycles. The second-order valence-corrected chi connectivity index (χ2v) is 14.5. The summed E-state index contributed by atoms with van der Waals surface area (Å²) in [6.07, 6.45) is 18.7. The number of rotatable bonds is 32. The summed E-state index contributed by atoms with van der Waals surface area (Å²) in [5, 5.41) is 8.70.